The van der Waals surface area contributed by atoms with E-state index in [-0.39, 0.29) is 19.1 Å². The molecule has 1 saturated heterocycles. The van der Waals surface area contributed by atoms with Crippen molar-refractivity contribution < 1.29 is 14.6 Å². The lowest BCUT2D eigenvalue weighted by molar-refractivity contribution is -0.138. The summed E-state index contributed by atoms with van der Waals surface area (Å²) in [5, 5.41) is 10.6. The summed E-state index contributed by atoms with van der Waals surface area (Å²) < 4.78 is 7.61. The minimum Gasteiger partial charge on any atom is -0.481 e. The lowest BCUT2D eigenvalue weighted by Gasteiger charge is -2.29. The van der Waals surface area contributed by atoms with Crippen LogP contribution < -0.4 is 4.90 Å². The standard InChI is InChI=1S/C21H20Cl2N4O3/c22-15-2-1-14-17(26-5-4-24-11-26)9-18(25-21(14)20(15)23)27-13(7-12-8-16(12)27)10-30-6-3-19(28)29/h1-2,4-5,9,11-13,16H,3,6-8,10H2,(H,28,29)/t12-,13-,16+/m0/s1. The molecule has 1 aromatic carbocycles. The maximum Gasteiger partial charge on any atom is 0.305 e. The monoisotopic (exact) mass is 446 g/mol. The van der Waals surface area contributed by atoms with Crippen molar-refractivity contribution in [2.75, 3.05) is 18.1 Å². The zero-order chi connectivity index (χ0) is 20.8. The molecule has 0 spiro atoms. The number of fused-ring (bicyclic) bond motifs is 2. The number of aromatic nitrogens is 3. The predicted octanol–water partition coefficient (Wildman–Crippen LogP) is 4.19. The molecule has 3 atom stereocenters. The van der Waals surface area contributed by atoms with Gasteiger partial charge in [0.2, 0.25) is 0 Å². The summed E-state index contributed by atoms with van der Waals surface area (Å²) in [7, 11) is 0. The molecule has 1 aliphatic carbocycles. The Balaban J connectivity index is 1.53. The van der Waals surface area contributed by atoms with Crippen molar-refractivity contribution in [3.63, 3.8) is 0 Å². The smallest absolute Gasteiger partial charge is 0.305 e. The molecule has 7 nitrogen and oxygen atoms in total. The molecule has 0 amide bonds. The Morgan fingerprint density at radius 1 is 1.30 bits per heavy atom. The fourth-order valence-electron chi connectivity index (χ4n) is 4.39. The van der Waals surface area contributed by atoms with Crippen molar-refractivity contribution in [1.29, 1.82) is 0 Å². The van der Waals surface area contributed by atoms with Gasteiger partial charge in [0.15, 0.2) is 0 Å². The molecule has 0 radical (unpaired) electrons. The minimum atomic E-state index is -0.853. The van der Waals surface area contributed by atoms with E-state index < -0.39 is 5.97 Å². The van der Waals surface area contributed by atoms with Crippen LogP contribution in [0.1, 0.15) is 19.3 Å². The number of carboxylic acids is 1. The highest BCUT2D eigenvalue weighted by atomic mass is 35.5. The highest BCUT2D eigenvalue weighted by Crippen LogP contribution is 2.50. The molecule has 1 N–H and O–H groups in total. The van der Waals surface area contributed by atoms with Crippen LogP contribution in [0.15, 0.2) is 36.9 Å². The molecule has 0 unspecified atom stereocenters. The number of hydrogen-bond donors (Lipinski definition) is 1. The van der Waals surface area contributed by atoms with Crippen molar-refractivity contribution in [2.24, 2.45) is 5.92 Å². The third kappa shape index (κ3) is 3.51. The number of carboxylic acid groups (broad SMARTS) is 1. The van der Waals surface area contributed by atoms with Crippen LogP contribution in [-0.2, 0) is 9.53 Å². The van der Waals surface area contributed by atoms with Crippen LogP contribution in [0.4, 0.5) is 5.82 Å². The van der Waals surface area contributed by atoms with Gasteiger partial charge in [-0.15, -0.1) is 0 Å². The molecule has 2 aromatic heterocycles. The lowest BCUT2D eigenvalue weighted by atomic mass is 10.1. The van der Waals surface area contributed by atoms with Crippen molar-refractivity contribution in [3.05, 3.63) is 47.0 Å². The van der Waals surface area contributed by atoms with Crippen LogP contribution in [0.3, 0.4) is 0 Å². The first-order chi connectivity index (χ1) is 14.5. The normalized spacial score (nSPS) is 22.5. The summed E-state index contributed by atoms with van der Waals surface area (Å²) in [6.45, 7) is 0.686. The van der Waals surface area contributed by atoms with E-state index in [9.17, 15) is 4.79 Å². The van der Waals surface area contributed by atoms with Gasteiger partial charge in [0.05, 0.1) is 53.3 Å². The summed E-state index contributed by atoms with van der Waals surface area (Å²) in [5.41, 5.74) is 1.58. The molecule has 2 fully saturated rings. The Bertz CT molecular complexity index is 1110. The fourth-order valence-corrected chi connectivity index (χ4v) is 4.75. The van der Waals surface area contributed by atoms with E-state index >= 15 is 0 Å². The zero-order valence-corrected chi connectivity index (χ0v) is 17.6. The van der Waals surface area contributed by atoms with E-state index in [2.05, 4.69) is 16.0 Å². The Kier molecular flexibility index (Phi) is 5.05. The third-order valence-electron chi connectivity index (χ3n) is 5.87. The number of imidazole rings is 1. The van der Waals surface area contributed by atoms with Crippen molar-refractivity contribution in [1.82, 2.24) is 14.5 Å². The van der Waals surface area contributed by atoms with Gasteiger partial charge in [0.1, 0.15) is 5.82 Å². The number of rotatable bonds is 7. The highest BCUT2D eigenvalue weighted by Gasteiger charge is 2.52. The third-order valence-corrected chi connectivity index (χ3v) is 6.66. The first kappa shape index (κ1) is 19.6. The van der Waals surface area contributed by atoms with Gasteiger partial charge in [-0.2, -0.15) is 0 Å². The molecule has 30 heavy (non-hydrogen) atoms. The van der Waals surface area contributed by atoms with Crippen LogP contribution in [0.2, 0.25) is 10.0 Å². The van der Waals surface area contributed by atoms with Gasteiger partial charge in [0.25, 0.3) is 0 Å². The summed E-state index contributed by atoms with van der Waals surface area (Å²) in [6.07, 6.45) is 7.52. The van der Waals surface area contributed by atoms with E-state index in [1.54, 1.807) is 18.6 Å². The Labute approximate surface area is 183 Å². The SMILES string of the molecule is O=C(O)CCOC[C@@H]1C[C@H]2C[C@H]2N1c1cc(-n2ccnc2)c2ccc(Cl)c(Cl)c2n1. The number of carbonyl (C=O) groups is 1. The Morgan fingerprint density at radius 2 is 2.17 bits per heavy atom. The van der Waals surface area contributed by atoms with Crippen molar-refractivity contribution in [3.8, 4) is 5.69 Å². The summed E-state index contributed by atoms with van der Waals surface area (Å²) in [4.78, 5) is 22.1. The molecular weight excluding hydrogens is 427 g/mol. The van der Waals surface area contributed by atoms with E-state index in [0.29, 0.717) is 34.1 Å². The maximum absolute atomic E-state index is 10.7. The summed E-state index contributed by atoms with van der Waals surface area (Å²) in [6, 6.07) is 6.34. The molecule has 2 aliphatic rings. The van der Waals surface area contributed by atoms with E-state index in [1.165, 1.54) is 0 Å². The summed E-state index contributed by atoms with van der Waals surface area (Å²) >= 11 is 12.8. The largest absolute Gasteiger partial charge is 0.481 e. The second-order valence-corrected chi connectivity index (χ2v) is 8.59. The number of hydrogen-bond acceptors (Lipinski definition) is 5. The topological polar surface area (TPSA) is 80.5 Å². The molecule has 3 aromatic rings. The van der Waals surface area contributed by atoms with Gasteiger partial charge in [-0.3, -0.25) is 4.79 Å². The number of ether oxygens (including phenoxy) is 1. The van der Waals surface area contributed by atoms with E-state index in [4.69, 9.17) is 38.0 Å². The van der Waals surface area contributed by atoms with Crippen molar-refractivity contribution in [2.45, 2.75) is 31.3 Å². The zero-order valence-electron chi connectivity index (χ0n) is 16.0. The van der Waals surface area contributed by atoms with Gasteiger partial charge in [0, 0.05) is 29.9 Å². The second-order valence-electron chi connectivity index (χ2n) is 7.81. The number of anilines is 1. The van der Waals surface area contributed by atoms with E-state index in [0.717, 1.165) is 29.7 Å². The number of benzene rings is 1. The average Bonchev–Trinajstić information content (AvgIpc) is 3.14. The predicted molar refractivity (Wildman–Crippen MR) is 115 cm³/mol. The molecule has 9 heteroatoms. The number of halogens is 2. The Morgan fingerprint density at radius 3 is 2.93 bits per heavy atom. The minimum absolute atomic E-state index is 0.00663. The Hall–Kier alpha value is -2.35. The van der Waals surface area contributed by atoms with Gasteiger partial charge < -0.3 is 19.3 Å². The number of aliphatic carboxylic acids is 1. The van der Waals surface area contributed by atoms with Crippen LogP contribution in [-0.4, -0.2) is 50.9 Å². The molecule has 3 heterocycles. The average molecular weight is 447 g/mol. The van der Waals surface area contributed by atoms with Crippen molar-refractivity contribution >= 4 is 45.9 Å². The van der Waals surface area contributed by atoms with Crippen LogP contribution in [0, 0.1) is 5.92 Å². The first-order valence-corrected chi connectivity index (χ1v) is 10.6. The molecule has 156 valence electrons. The molecule has 1 aliphatic heterocycles. The van der Waals surface area contributed by atoms with E-state index in [1.807, 2.05) is 16.8 Å². The molecular formula is C21H20Cl2N4O3. The lowest BCUT2D eigenvalue weighted by Crippen LogP contribution is -2.37. The van der Waals surface area contributed by atoms with Gasteiger partial charge in [-0.25, -0.2) is 9.97 Å². The van der Waals surface area contributed by atoms with Crippen LogP contribution in [0.5, 0.6) is 0 Å². The van der Waals surface area contributed by atoms with Gasteiger partial charge in [-0.1, -0.05) is 23.2 Å². The fraction of sp³-hybridized carbons (Fsp3) is 0.381. The molecule has 5 rings (SSSR count). The van der Waals surface area contributed by atoms with Crippen LogP contribution >= 0.6 is 23.2 Å². The quantitative estimate of drug-likeness (QED) is 0.548. The number of nitrogens with zero attached hydrogens (tertiary/aromatic N) is 4. The number of piperidine rings is 1. The highest BCUT2D eigenvalue weighted by molar-refractivity contribution is 6.45. The maximum atomic E-state index is 10.7. The summed E-state index contributed by atoms with van der Waals surface area (Å²) in [5.74, 6) is 0.600. The van der Waals surface area contributed by atoms with Gasteiger partial charge >= 0.3 is 5.97 Å². The number of pyridine rings is 1. The first-order valence-electron chi connectivity index (χ1n) is 9.88. The van der Waals surface area contributed by atoms with Crippen LogP contribution in [0.25, 0.3) is 16.6 Å². The molecule has 1 saturated carbocycles. The second kappa shape index (κ2) is 7.72. The van der Waals surface area contributed by atoms with Gasteiger partial charge in [-0.05, 0) is 30.9 Å². The molecule has 0 bridgehead atoms.